The molecule has 0 bridgehead atoms. The molecule has 5 heteroatoms. The lowest BCUT2D eigenvalue weighted by Crippen LogP contribution is -1.92. The van der Waals surface area contributed by atoms with Gasteiger partial charge in [-0.1, -0.05) is 23.4 Å². The normalized spacial score (nSPS) is 10.7. The third-order valence-corrected chi connectivity index (χ3v) is 2.88. The molecule has 3 aromatic rings. The van der Waals surface area contributed by atoms with Crippen molar-refractivity contribution < 1.29 is 8.91 Å². The number of nitrogens with two attached hydrogens (primary N) is 1. The fourth-order valence-electron chi connectivity index (χ4n) is 1.88. The number of benzene rings is 2. The van der Waals surface area contributed by atoms with Crippen LogP contribution in [0.5, 0.6) is 0 Å². The third kappa shape index (κ3) is 2.66. The first kappa shape index (κ1) is 12.3. The number of nitrogen functional groups attached to an aromatic ring is 1. The molecule has 0 aliphatic heterocycles. The van der Waals surface area contributed by atoms with Crippen molar-refractivity contribution in [2.24, 2.45) is 0 Å². The van der Waals surface area contributed by atoms with Crippen molar-refractivity contribution in [2.75, 3.05) is 5.73 Å². The molecule has 2 aromatic carbocycles. The summed E-state index contributed by atoms with van der Waals surface area (Å²) < 4.78 is 18.3. The number of anilines is 1. The second kappa shape index (κ2) is 5.13. The zero-order valence-corrected chi connectivity index (χ0v) is 10.6. The molecule has 1 aromatic heterocycles. The highest BCUT2D eigenvalue weighted by molar-refractivity contribution is 5.52. The largest absolute Gasteiger partial charge is 0.399 e. The van der Waals surface area contributed by atoms with E-state index < -0.39 is 0 Å². The molecule has 0 saturated heterocycles. The number of hydrogen-bond donors (Lipinski definition) is 1. The van der Waals surface area contributed by atoms with Gasteiger partial charge >= 0.3 is 0 Å². The fraction of sp³-hybridized carbons (Fsp3) is 0.0667. The number of aromatic nitrogens is 2. The quantitative estimate of drug-likeness (QED) is 0.742. The van der Waals surface area contributed by atoms with Gasteiger partial charge in [0.1, 0.15) is 5.82 Å². The SMILES string of the molecule is Nc1ccc(Cc2noc(-c3cccc(F)c3)n2)cc1. The summed E-state index contributed by atoms with van der Waals surface area (Å²) in [6.45, 7) is 0. The first-order valence-electron chi connectivity index (χ1n) is 6.14. The van der Waals surface area contributed by atoms with Gasteiger partial charge in [0.05, 0.1) is 0 Å². The molecule has 0 saturated carbocycles. The lowest BCUT2D eigenvalue weighted by Gasteiger charge is -1.97. The predicted molar refractivity (Wildman–Crippen MR) is 73.4 cm³/mol. The van der Waals surface area contributed by atoms with E-state index in [1.807, 2.05) is 24.3 Å². The van der Waals surface area contributed by atoms with Crippen LogP contribution in [0, 0.1) is 5.82 Å². The Morgan fingerprint density at radius 3 is 2.65 bits per heavy atom. The van der Waals surface area contributed by atoms with Gasteiger partial charge in [-0.15, -0.1) is 0 Å². The number of nitrogens with zero attached hydrogens (tertiary/aromatic N) is 2. The molecule has 0 atom stereocenters. The summed E-state index contributed by atoms with van der Waals surface area (Å²) in [7, 11) is 0. The average Bonchev–Trinajstić information content (AvgIpc) is 2.90. The molecule has 0 aliphatic carbocycles. The fourth-order valence-corrected chi connectivity index (χ4v) is 1.88. The Bertz CT molecular complexity index is 722. The highest BCUT2D eigenvalue weighted by Crippen LogP contribution is 2.19. The number of hydrogen-bond acceptors (Lipinski definition) is 4. The molecule has 0 unspecified atom stereocenters. The van der Waals surface area contributed by atoms with Gasteiger partial charge in [-0.05, 0) is 35.9 Å². The molecule has 0 radical (unpaired) electrons. The van der Waals surface area contributed by atoms with Gasteiger partial charge in [0, 0.05) is 17.7 Å². The van der Waals surface area contributed by atoms with E-state index in [1.54, 1.807) is 12.1 Å². The third-order valence-electron chi connectivity index (χ3n) is 2.88. The van der Waals surface area contributed by atoms with Gasteiger partial charge in [0.15, 0.2) is 5.82 Å². The maximum absolute atomic E-state index is 13.1. The first-order chi connectivity index (χ1) is 9.70. The Kier molecular flexibility index (Phi) is 3.16. The highest BCUT2D eigenvalue weighted by atomic mass is 19.1. The van der Waals surface area contributed by atoms with Crippen molar-refractivity contribution in [2.45, 2.75) is 6.42 Å². The van der Waals surface area contributed by atoms with E-state index in [9.17, 15) is 4.39 Å². The molecule has 4 nitrogen and oxygen atoms in total. The lowest BCUT2D eigenvalue weighted by atomic mass is 10.1. The van der Waals surface area contributed by atoms with Gasteiger partial charge < -0.3 is 10.3 Å². The van der Waals surface area contributed by atoms with Crippen LogP contribution in [0.4, 0.5) is 10.1 Å². The Balaban J connectivity index is 1.82. The predicted octanol–water partition coefficient (Wildman–Crippen LogP) is 3.05. The van der Waals surface area contributed by atoms with Crippen molar-refractivity contribution in [1.82, 2.24) is 10.1 Å². The second-order valence-electron chi connectivity index (χ2n) is 4.44. The molecular weight excluding hydrogens is 257 g/mol. The smallest absolute Gasteiger partial charge is 0.258 e. The second-order valence-corrected chi connectivity index (χ2v) is 4.44. The lowest BCUT2D eigenvalue weighted by molar-refractivity contribution is 0.423. The van der Waals surface area contributed by atoms with Crippen LogP contribution in [-0.2, 0) is 6.42 Å². The zero-order valence-electron chi connectivity index (χ0n) is 10.6. The zero-order chi connectivity index (χ0) is 13.9. The molecule has 1 heterocycles. The first-order valence-corrected chi connectivity index (χ1v) is 6.14. The van der Waals surface area contributed by atoms with Crippen LogP contribution in [0.3, 0.4) is 0 Å². The molecule has 2 N–H and O–H groups in total. The van der Waals surface area contributed by atoms with Crippen LogP contribution in [0.1, 0.15) is 11.4 Å². The summed E-state index contributed by atoms with van der Waals surface area (Å²) in [5, 5.41) is 3.90. The van der Waals surface area contributed by atoms with E-state index in [2.05, 4.69) is 10.1 Å². The minimum absolute atomic E-state index is 0.315. The van der Waals surface area contributed by atoms with E-state index in [4.69, 9.17) is 10.3 Å². The van der Waals surface area contributed by atoms with Crippen molar-refractivity contribution in [3.05, 3.63) is 65.7 Å². The summed E-state index contributed by atoms with van der Waals surface area (Å²) in [6.07, 6.45) is 0.541. The minimum atomic E-state index is -0.333. The number of rotatable bonds is 3. The van der Waals surface area contributed by atoms with Gasteiger partial charge in [-0.25, -0.2) is 4.39 Å². The van der Waals surface area contributed by atoms with Gasteiger partial charge in [0.2, 0.25) is 0 Å². The molecule has 0 aliphatic rings. The Morgan fingerprint density at radius 1 is 1.10 bits per heavy atom. The van der Waals surface area contributed by atoms with Crippen LogP contribution in [0.25, 0.3) is 11.5 Å². The molecule has 3 rings (SSSR count). The summed E-state index contributed by atoms with van der Waals surface area (Å²) in [6, 6.07) is 13.5. The molecule has 0 fully saturated rings. The van der Waals surface area contributed by atoms with Crippen molar-refractivity contribution in [1.29, 1.82) is 0 Å². The Hall–Kier alpha value is -2.69. The van der Waals surface area contributed by atoms with Crippen molar-refractivity contribution in [3.63, 3.8) is 0 Å². The van der Waals surface area contributed by atoms with Gasteiger partial charge in [-0.2, -0.15) is 4.98 Å². The van der Waals surface area contributed by atoms with E-state index >= 15 is 0 Å². The van der Waals surface area contributed by atoms with Crippen molar-refractivity contribution in [3.8, 4) is 11.5 Å². The highest BCUT2D eigenvalue weighted by Gasteiger charge is 2.09. The van der Waals surface area contributed by atoms with E-state index in [0.717, 1.165) is 5.56 Å². The van der Waals surface area contributed by atoms with Crippen LogP contribution >= 0.6 is 0 Å². The maximum atomic E-state index is 13.1. The summed E-state index contributed by atoms with van der Waals surface area (Å²) in [5.74, 6) is 0.532. The summed E-state index contributed by atoms with van der Waals surface area (Å²) >= 11 is 0. The molecule has 0 spiro atoms. The molecular formula is C15H12FN3O. The monoisotopic (exact) mass is 269 g/mol. The minimum Gasteiger partial charge on any atom is -0.399 e. The van der Waals surface area contributed by atoms with E-state index in [0.29, 0.717) is 29.4 Å². The molecule has 100 valence electrons. The van der Waals surface area contributed by atoms with Crippen molar-refractivity contribution >= 4 is 5.69 Å². The summed E-state index contributed by atoms with van der Waals surface area (Å²) in [5.41, 5.74) is 7.94. The van der Waals surface area contributed by atoms with Crippen LogP contribution in [0.2, 0.25) is 0 Å². The Labute approximate surface area is 115 Å². The molecule has 0 amide bonds. The summed E-state index contributed by atoms with van der Waals surface area (Å²) in [4.78, 5) is 4.26. The van der Waals surface area contributed by atoms with Crippen LogP contribution in [0.15, 0.2) is 53.1 Å². The Morgan fingerprint density at radius 2 is 1.90 bits per heavy atom. The molecule has 20 heavy (non-hydrogen) atoms. The van der Waals surface area contributed by atoms with Gasteiger partial charge in [0.25, 0.3) is 5.89 Å². The van der Waals surface area contributed by atoms with Crippen LogP contribution in [-0.4, -0.2) is 10.1 Å². The number of halogens is 1. The topological polar surface area (TPSA) is 64.9 Å². The van der Waals surface area contributed by atoms with Gasteiger partial charge in [-0.3, -0.25) is 0 Å². The van der Waals surface area contributed by atoms with Crippen LogP contribution < -0.4 is 5.73 Å². The maximum Gasteiger partial charge on any atom is 0.258 e. The van der Waals surface area contributed by atoms with E-state index in [1.165, 1.54) is 12.1 Å². The van der Waals surface area contributed by atoms with E-state index in [-0.39, 0.29) is 5.82 Å². The average molecular weight is 269 g/mol. The standard InChI is InChI=1S/C15H12FN3O/c16-12-3-1-2-11(9-12)15-18-14(19-20-15)8-10-4-6-13(17)7-5-10/h1-7,9H,8,17H2.